The van der Waals surface area contributed by atoms with Crippen LogP contribution in [0.2, 0.25) is 0 Å². The van der Waals surface area contributed by atoms with Crippen LogP contribution in [0.25, 0.3) is 11.1 Å². The van der Waals surface area contributed by atoms with Gasteiger partial charge >= 0.3 is 18.2 Å². The molecule has 1 fully saturated rings. The van der Waals surface area contributed by atoms with E-state index in [1.807, 2.05) is 69.3 Å². The van der Waals surface area contributed by atoms with Crippen LogP contribution in [0.3, 0.4) is 0 Å². The van der Waals surface area contributed by atoms with Crippen LogP contribution in [0.15, 0.2) is 72.8 Å². The van der Waals surface area contributed by atoms with Gasteiger partial charge in [-0.3, -0.25) is 14.4 Å². The van der Waals surface area contributed by atoms with Crippen LogP contribution >= 0.6 is 0 Å². The van der Waals surface area contributed by atoms with E-state index in [4.69, 9.17) is 14.2 Å². The van der Waals surface area contributed by atoms with Crippen LogP contribution in [0.4, 0.5) is 15.3 Å². The van der Waals surface area contributed by atoms with E-state index in [9.17, 15) is 24.0 Å². The molecule has 0 saturated heterocycles. The number of hydrogen-bond acceptors (Lipinski definition) is 8. The molecular weight excluding hydrogens is 700 g/mol. The predicted octanol–water partition coefficient (Wildman–Crippen LogP) is 7.00. The van der Waals surface area contributed by atoms with Gasteiger partial charge in [0.1, 0.15) is 30.4 Å². The Labute approximate surface area is 323 Å². The number of aryl methyl sites for hydroxylation is 1. The van der Waals surface area contributed by atoms with E-state index >= 15 is 0 Å². The van der Waals surface area contributed by atoms with Gasteiger partial charge in [0.05, 0.1) is 0 Å². The smallest absolute Gasteiger partial charge is 0.407 e. The molecule has 4 amide bonds. The lowest BCUT2D eigenvalue weighted by molar-refractivity contribution is -0.150. The molecule has 12 heteroatoms. The molecule has 0 aromatic heterocycles. The Morgan fingerprint density at radius 2 is 1.35 bits per heavy atom. The minimum Gasteiger partial charge on any atom is -0.462 e. The molecule has 12 nitrogen and oxygen atoms in total. The number of rotatable bonds is 13. The van der Waals surface area contributed by atoms with Crippen molar-refractivity contribution >= 4 is 35.7 Å². The highest BCUT2D eigenvalue weighted by Gasteiger charge is 2.32. The van der Waals surface area contributed by atoms with Crippen molar-refractivity contribution < 1.29 is 38.2 Å². The van der Waals surface area contributed by atoms with Crippen LogP contribution in [0.5, 0.6) is 0 Å². The third-order valence-corrected chi connectivity index (χ3v) is 9.89. The molecule has 2 aliphatic rings. The Hall–Kier alpha value is -5.39. The van der Waals surface area contributed by atoms with Gasteiger partial charge < -0.3 is 35.5 Å². The zero-order valence-corrected chi connectivity index (χ0v) is 32.6. The summed E-state index contributed by atoms with van der Waals surface area (Å²) in [5.41, 5.74) is 5.09. The molecule has 2 atom stereocenters. The number of nitrogens with one attached hydrogen (secondary N) is 4. The molecule has 4 N–H and O–H groups in total. The summed E-state index contributed by atoms with van der Waals surface area (Å²) in [6.45, 7) is 10.7. The first kappa shape index (κ1) is 40.8. The quantitative estimate of drug-likeness (QED) is 0.107. The average molecular weight is 755 g/mol. The summed E-state index contributed by atoms with van der Waals surface area (Å²) >= 11 is 0. The molecule has 3 aromatic rings. The van der Waals surface area contributed by atoms with E-state index in [1.165, 1.54) is 0 Å². The van der Waals surface area contributed by atoms with Crippen molar-refractivity contribution in [1.29, 1.82) is 0 Å². The van der Waals surface area contributed by atoms with Gasteiger partial charge in [0.25, 0.3) is 0 Å². The first-order valence-electron chi connectivity index (χ1n) is 19.2. The Morgan fingerprint density at radius 3 is 1.96 bits per heavy atom. The fourth-order valence-electron chi connectivity index (χ4n) is 7.05. The highest BCUT2D eigenvalue weighted by Crippen LogP contribution is 2.44. The summed E-state index contributed by atoms with van der Waals surface area (Å²) in [5, 5.41) is 11.2. The standard InChI is InChI=1S/C43H54N4O8/c1-26(2)38(47-41(51)53-25-35-33-16-10-8-14-31(33)32-15-9-11-17-34(32)35)40(50)44-27(3)39(49)46-36-18-12-7-13-28(36)19-24-37(48)54-30-22-20-29(21-23-30)45-42(52)55-43(4,5)6/h7-18,26-27,29-30,35,38H,19-25H2,1-6H3,(H,44,50)(H,45,52)(H,46,49)(H,47,51)/t27-,29?,30?,38-/m0/s1. The number of amides is 4. The predicted molar refractivity (Wildman–Crippen MR) is 209 cm³/mol. The summed E-state index contributed by atoms with van der Waals surface area (Å²) in [5.74, 6) is -1.72. The van der Waals surface area contributed by atoms with Gasteiger partial charge in [-0.05, 0) is 99.6 Å². The number of carbonyl (C=O) groups is 5. The molecule has 0 radical (unpaired) electrons. The van der Waals surface area contributed by atoms with Crippen molar-refractivity contribution in [2.75, 3.05) is 11.9 Å². The minimum atomic E-state index is -0.944. The lowest BCUT2D eigenvalue weighted by Gasteiger charge is -2.29. The fourth-order valence-corrected chi connectivity index (χ4v) is 7.05. The van der Waals surface area contributed by atoms with Crippen LogP contribution in [0, 0.1) is 5.92 Å². The molecule has 0 heterocycles. The average Bonchev–Trinajstić information content (AvgIpc) is 3.45. The van der Waals surface area contributed by atoms with Gasteiger partial charge in [-0.1, -0.05) is 80.6 Å². The molecule has 0 unspecified atom stereocenters. The number of para-hydroxylation sites is 1. The van der Waals surface area contributed by atoms with Crippen molar-refractivity contribution in [1.82, 2.24) is 16.0 Å². The maximum atomic E-state index is 13.4. The number of benzene rings is 3. The van der Waals surface area contributed by atoms with Crippen LogP contribution in [-0.2, 0) is 35.0 Å². The minimum absolute atomic E-state index is 0.0266. The molecule has 3 aromatic carbocycles. The molecule has 1 saturated carbocycles. The second-order valence-corrected chi connectivity index (χ2v) is 15.7. The zero-order chi connectivity index (χ0) is 39.7. The number of carbonyl (C=O) groups excluding carboxylic acids is 5. The molecule has 294 valence electrons. The van der Waals surface area contributed by atoms with Crippen molar-refractivity contribution in [2.45, 2.75) is 116 Å². The molecule has 0 aliphatic heterocycles. The van der Waals surface area contributed by atoms with E-state index < -0.39 is 41.7 Å². The van der Waals surface area contributed by atoms with E-state index in [2.05, 4.69) is 33.4 Å². The third kappa shape index (κ3) is 11.3. The van der Waals surface area contributed by atoms with E-state index in [-0.39, 0.29) is 43.0 Å². The van der Waals surface area contributed by atoms with E-state index in [0.717, 1.165) is 27.8 Å². The summed E-state index contributed by atoms with van der Waals surface area (Å²) in [4.78, 5) is 64.5. The molecule has 2 aliphatic carbocycles. The third-order valence-electron chi connectivity index (χ3n) is 9.89. The number of hydrogen-bond donors (Lipinski definition) is 4. The summed E-state index contributed by atoms with van der Waals surface area (Å²) in [6.07, 6.45) is 1.72. The van der Waals surface area contributed by atoms with Crippen LogP contribution in [-0.4, -0.2) is 66.4 Å². The monoisotopic (exact) mass is 754 g/mol. The van der Waals surface area contributed by atoms with E-state index in [1.54, 1.807) is 32.9 Å². The molecule has 0 spiro atoms. The second-order valence-electron chi connectivity index (χ2n) is 15.7. The normalized spacial score (nSPS) is 17.5. The molecular formula is C43H54N4O8. The first-order valence-corrected chi connectivity index (χ1v) is 19.2. The number of alkyl carbamates (subject to hydrolysis) is 2. The zero-order valence-electron chi connectivity index (χ0n) is 32.6. The maximum Gasteiger partial charge on any atom is 0.407 e. The molecule has 55 heavy (non-hydrogen) atoms. The highest BCUT2D eigenvalue weighted by atomic mass is 16.6. The highest BCUT2D eigenvalue weighted by molar-refractivity contribution is 5.98. The Bertz CT molecular complexity index is 1800. The first-order chi connectivity index (χ1) is 26.2. The van der Waals surface area contributed by atoms with E-state index in [0.29, 0.717) is 37.8 Å². The second kappa shape index (κ2) is 18.3. The van der Waals surface area contributed by atoms with Crippen LogP contribution < -0.4 is 21.3 Å². The molecule has 5 rings (SSSR count). The number of ether oxygens (including phenoxy) is 3. The van der Waals surface area contributed by atoms with Gasteiger partial charge in [0.2, 0.25) is 11.8 Å². The van der Waals surface area contributed by atoms with Crippen molar-refractivity contribution in [3.8, 4) is 11.1 Å². The maximum absolute atomic E-state index is 13.4. The van der Waals surface area contributed by atoms with Crippen LogP contribution in [0.1, 0.15) is 96.3 Å². The van der Waals surface area contributed by atoms with Crippen molar-refractivity contribution in [3.05, 3.63) is 89.5 Å². The SMILES string of the molecule is CC(C)[C@H](NC(=O)OCC1c2ccccc2-c2ccccc21)C(=O)N[C@@H](C)C(=O)Nc1ccccc1CCC(=O)OC1CCC(NC(=O)OC(C)(C)C)CC1. The summed E-state index contributed by atoms with van der Waals surface area (Å²) in [6, 6.07) is 21.4. The number of fused-ring (bicyclic) bond motifs is 3. The topological polar surface area (TPSA) is 161 Å². The van der Waals surface area contributed by atoms with Gasteiger partial charge in [-0.2, -0.15) is 0 Å². The summed E-state index contributed by atoms with van der Waals surface area (Å²) in [7, 11) is 0. The van der Waals surface area contributed by atoms with Gasteiger partial charge in [-0.15, -0.1) is 0 Å². The summed E-state index contributed by atoms with van der Waals surface area (Å²) < 4.78 is 16.7. The van der Waals surface area contributed by atoms with Gasteiger partial charge in [0, 0.05) is 24.1 Å². The van der Waals surface area contributed by atoms with Gasteiger partial charge in [-0.25, -0.2) is 9.59 Å². The van der Waals surface area contributed by atoms with Gasteiger partial charge in [0.15, 0.2) is 0 Å². The Balaban J connectivity index is 1.06. The largest absolute Gasteiger partial charge is 0.462 e. The Morgan fingerprint density at radius 1 is 0.745 bits per heavy atom. The lowest BCUT2D eigenvalue weighted by atomic mass is 9.93. The number of anilines is 1. The molecule has 0 bridgehead atoms. The fraction of sp³-hybridized carbons (Fsp3) is 0.465. The lowest BCUT2D eigenvalue weighted by Crippen LogP contribution is -2.53. The number of esters is 1. The van der Waals surface area contributed by atoms with Crippen molar-refractivity contribution in [3.63, 3.8) is 0 Å². The van der Waals surface area contributed by atoms with Crippen molar-refractivity contribution in [2.24, 2.45) is 5.92 Å². The Kier molecular flexibility index (Phi) is 13.6.